The monoisotopic (exact) mass is 303 g/mol. The van der Waals surface area contributed by atoms with Gasteiger partial charge in [-0.1, -0.05) is 6.07 Å². The maximum absolute atomic E-state index is 12.0. The van der Waals surface area contributed by atoms with Gasteiger partial charge in [0.05, 0.1) is 13.2 Å². The number of carbonyl (C=O) groups excluding carboxylic acids is 1. The highest BCUT2D eigenvalue weighted by Gasteiger charge is 2.20. The van der Waals surface area contributed by atoms with Gasteiger partial charge in [0.25, 0.3) is 0 Å². The van der Waals surface area contributed by atoms with Crippen molar-refractivity contribution in [1.29, 1.82) is 0 Å². The van der Waals surface area contributed by atoms with E-state index in [0.717, 1.165) is 19.4 Å². The molecule has 1 aliphatic rings. The number of amides is 1. The number of nitrogens with zero attached hydrogens (tertiary/aromatic N) is 2. The Kier molecular flexibility index (Phi) is 4.34. The van der Waals surface area contributed by atoms with Crippen molar-refractivity contribution in [3.8, 4) is 17.2 Å². The quantitative estimate of drug-likeness (QED) is 0.904. The van der Waals surface area contributed by atoms with E-state index >= 15 is 0 Å². The molecule has 3 rings (SSSR count). The van der Waals surface area contributed by atoms with Crippen LogP contribution in [0.1, 0.15) is 23.5 Å². The van der Waals surface area contributed by atoms with Crippen molar-refractivity contribution in [2.24, 2.45) is 0 Å². The Morgan fingerprint density at radius 1 is 1.45 bits per heavy atom. The van der Waals surface area contributed by atoms with E-state index < -0.39 is 5.91 Å². The maximum atomic E-state index is 12.0. The minimum absolute atomic E-state index is 0.0594. The van der Waals surface area contributed by atoms with Gasteiger partial charge in [-0.2, -0.15) is 0 Å². The van der Waals surface area contributed by atoms with Gasteiger partial charge >= 0.3 is 11.8 Å². The Bertz CT molecular complexity index is 650. The van der Waals surface area contributed by atoms with Gasteiger partial charge in [-0.3, -0.25) is 4.79 Å². The molecule has 0 radical (unpaired) electrons. The van der Waals surface area contributed by atoms with Crippen LogP contribution >= 0.6 is 0 Å². The summed E-state index contributed by atoms with van der Waals surface area (Å²) in [6, 6.07) is 7.20. The van der Waals surface area contributed by atoms with E-state index in [2.05, 4.69) is 15.5 Å². The molecule has 116 valence electrons. The Labute approximate surface area is 127 Å². The van der Waals surface area contributed by atoms with Crippen LogP contribution in [0.25, 0.3) is 11.5 Å². The molecule has 2 aromatic rings. The average molecular weight is 303 g/mol. The molecule has 1 amide bonds. The summed E-state index contributed by atoms with van der Waals surface area (Å²) in [5, 5.41) is 10.4. The van der Waals surface area contributed by atoms with Crippen LogP contribution in [-0.2, 0) is 4.74 Å². The zero-order valence-corrected chi connectivity index (χ0v) is 12.2. The molecule has 1 atom stereocenters. The first kappa shape index (κ1) is 14.5. The van der Waals surface area contributed by atoms with Crippen LogP contribution < -0.4 is 10.1 Å². The smallest absolute Gasteiger partial charge is 0.308 e. The van der Waals surface area contributed by atoms with Crippen LogP contribution in [0.4, 0.5) is 0 Å². The summed E-state index contributed by atoms with van der Waals surface area (Å²) in [7, 11) is 1.58. The van der Waals surface area contributed by atoms with Gasteiger partial charge in [-0.15, -0.1) is 10.2 Å². The van der Waals surface area contributed by atoms with E-state index in [0.29, 0.717) is 17.9 Å². The molecule has 22 heavy (non-hydrogen) atoms. The highest BCUT2D eigenvalue weighted by molar-refractivity contribution is 5.89. The summed E-state index contributed by atoms with van der Waals surface area (Å²) >= 11 is 0. The van der Waals surface area contributed by atoms with Gasteiger partial charge < -0.3 is 19.2 Å². The molecule has 2 heterocycles. The molecular formula is C15H17N3O4. The molecule has 1 saturated heterocycles. The van der Waals surface area contributed by atoms with Gasteiger partial charge in [0.2, 0.25) is 5.89 Å². The third-order valence-corrected chi connectivity index (χ3v) is 3.45. The lowest BCUT2D eigenvalue weighted by molar-refractivity contribution is 0.0830. The van der Waals surface area contributed by atoms with Crippen LogP contribution in [0.2, 0.25) is 0 Å². The van der Waals surface area contributed by atoms with E-state index in [9.17, 15) is 4.79 Å². The molecule has 1 aromatic heterocycles. The number of rotatable bonds is 5. The molecule has 7 nitrogen and oxygen atoms in total. The average Bonchev–Trinajstić information content (AvgIpc) is 3.24. The molecule has 1 aromatic carbocycles. The van der Waals surface area contributed by atoms with Crippen LogP contribution in [-0.4, -0.2) is 42.5 Å². The van der Waals surface area contributed by atoms with Gasteiger partial charge in [0.1, 0.15) is 5.75 Å². The lowest BCUT2D eigenvalue weighted by Crippen LogP contribution is -2.31. The van der Waals surface area contributed by atoms with Crippen LogP contribution in [0.15, 0.2) is 28.7 Å². The fourth-order valence-corrected chi connectivity index (χ4v) is 2.28. The maximum Gasteiger partial charge on any atom is 0.308 e. The molecule has 1 aliphatic heterocycles. The van der Waals surface area contributed by atoms with Crippen molar-refractivity contribution >= 4 is 5.91 Å². The zero-order valence-electron chi connectivity index (χ0n) is 12.2. The molecule has 1 N–H and O–H groups in total. The van der Waals surface area contributed by atoms with Gasteiger partial charge in [-0.05, 0) is 31.0 Å². The summed E-state index contributed by atoms with van der Waals surface area (Å²) in [4.78, 5) is 12.0. The molecular weight excluding hydrogens is 286 g/mol. The Morgan fingerprint density at radius 2 is 2.36 bits per heavy atom. The summed E-state index contributed by atoms with van der Waals surface area (Å²) in [6.07, 6.45) is 2.06. The van der Waals surface area contributed by atoms with Crippen molar-refractivity contribution in [2.45, 2.75) is 18.9 Å². The first-order valence-electron chi connectivity index (χ1n) is 7.14. The lowest BCUT2D eigenvalue weighted by atomic mass is 10.2. The van der Waals surface area contributed by atoms with Crippen molar-refractivity contribution in [1.82, 2.24) is 15.5 Å². The third kappa shape index (κ3) is 3.25. The summed E-state index contributed by atoms with van der Waals surface area (Å²) < 4.78 is 16.0. The normalized spacial score (nSPS) is 17.4. The van der Waals surface area contributed by atoms with E-state index in [4.69, 9.17) is 13.9 Å². The number of hydrogen-bond acceptors (Lipinski definition) is 6. The molecule has 7 heteroatoms. The summed E-state index contributed by atoms with van der Waals surface area (Å²) in [5.74, 6) is 0.509. The third-order valence-electron chi connectivity index (χ3n) is 3.45. The van der Waals surface area contributed by atoms with E-state index in [1.807, 2.05) is 18.2 Å². The van der Waals surface area contributed by atoms with Crippen molar-refractivity contribution in [3.05, 3.63) is 30.2 Å². The predicted octanol–water partition coefficient (Wildman–Crippen LogP) is 1.65. The van der Waals surface area contributed by atoms with Crippen LogP contribution in [0, 0.1) is 0 Å². The summed E-state index contributed by atoms with van der Waals surface area (Å²) in [5.41, 5.74) is 0.699. The van der Waals surface area contributed by atoms with Crippen LogP contribution in [0.3, 0.4) is 0 Å². The SMILES string of the molecule is COc1cccc(-c2nnc(C(=O)NCC3CCCO3)o2)c1. The van der Waals surface area contributed by atoms with Crippen molar-refractivity contribution < 1.29 is 18.7 Å². The van der Waals surface area contributed by atoms with Crippen molar-refractivity contribution in [3.63, 3.8) is 0 Å². The predicted molar refractivity (Wildman–Crippen MR) is 77.6 cm³/mol. The second kappa shape index (κ2) is 6.57. The topological polar surface area (TPSA) is 86.5 Å². The first-order chi connectivity index (χ1) is 10.8. The van der Waals surface area contributed by atoms with Crippen LogP contribution in [0.5, 0.6) is 5.75 Å². The van der Waals surface area contributed by atoms with Crippen molar-refractivity contribution in [2.75, 3.05) is 20.3 Å². The minimum Gasteiger partial charge on any atom is -0.497 e. The fraction of sp³-hybridized carbons (Fsp3) is 0.400. The zero-order chi connectivity index (χ0) is 15.4. The highest BCUT2D eigenvalue weighted by atomic mass is 16.5. The largest absolute Gasteiger partial charge is 0.497 e. The number of aromatic nitrogens is 2. The molecule has 1 unspecified atom stereocenters. The molecule has 1 fully saturated rings. The first-order valence-corrected chi connectivity index (χ1v) is 7.14. The Balaban J connectivity index is 1.65. The second-order valence-electron chi connectivity index (χ2n) is 4.99. The van der Waals surface area contributed by atoms with E-state index in [1.54, 1.807) is 13.2 Å². The van der Waals surface area contributed by atoms with Gasteiger partial charge in [0.15, 0.2) is 0 Å². The minimum atomic E-state index is -0.392. The molecule has 0 aliphatic carbocycles. The molecule has 0 spiro atoms. The summed E-state index contributed by atoms with van der Waals surface area (Å²) in [6.45, 7) is 1.21. The standard InChI is InChI=1S/C15H17N3O4/c1-20-11-5-2-4-10(8-11)14-17-18-15(22-14)13(19)16-9-12-6-3-7-21-12/h2,4-5,8,12H,3,6-7,9H2,1H3,(H,16,19). The number of carbonyl (C=O) groups is 1. The van der Waals surface area contributed by atoms with E-state index in [1.165, 1.54) is 0 Å². The Morgan fingerprint density at radius 3 is 3.14 bits per heavy atom. The molecule has 0 saturated carbocycles. The number of nitrogens with one attached hydrogen (secondary N) is 1. The molecule has 0 bridgehead atoms. The number of ether oxygens (including phenoxy) is 2. The lowest BCUT2D eigenvalue weighted by Gasteiger charge is -2.08. The number of methoxy groups -OCH3 is 1. The van der Waals surface area contributed by atoms with Gasteiger partial charge in [0, 0.05) is 18.7 Å². The second-order valence-corrected chi connectivity index (χ2v) is 4.99. The number of hydrogen-bond donors (Lipinski definition) is 1. The van der Waals surface area contributed by atoms with Gasteiger partial charge in [-0.25, -0.2) is 0 Å². The highest BCUT2D eigenvalue weighted by Crippen LogP contribution is 2.22. The fourth-order valence-electron chi connectivity index (χ4n) is 2.28. The number of benzene rings is 1. The van der Waals surface area contributed by atoms with E-state index in [-0.39, 0.29) is 17.9 Å². The Hall–Kier alpha value is -2.41.